The van der Waals surface area contributed by atoms with Crippen molar-refractivity contribution in [3.05, 3.63) is 191 Å². The van der Waals surface area contributed by atoms with Crippen molar-refractivity contribution in [1.29, 1.82) is 0 Å². The van der Waals surface area contributed by atoms with E-state index in [9.17, 15) is 9.22 Å². The van der Waals surface area contributed by atoms with Crippen molar-refractivity contribution in [2.45, 2.75) is 119 Å². The Balaban J connectivity index is 0.00000729. The molecule has 0 atom stereocenters. The Morgan fingerprint density at radius 1 is 0.521 bits per heavy atom. The standard InChI is InChI=1S/C66H68N3O.Pt/c1-41-23-25-44(26-24-41)46-29-30-67-57(37-46)50-33-47(43-19-16-15-17-20-43)32-49(34-50)54-21-18-22-59-60(54)68-62(55-39-53(65(9,10)11)40-56(61(55)70)66(12,13)14)69(59)58-28-27-45(31-42(58)2)48-35-51(63(3,4)5)38-52(36-48)64(6,7)8;/h15-33,35-40,70H,1-14H3;/q-1;/i2D3;. The number of imidazole rings is 1. The number of aromatic hydroxyl groups is 1. The normalized spacial score (nSPS) is 13.1. The smallest absolute Gasteiger partial charge is 0.148 e. The van der Waals surface area contributed by atoms with Gasteiger partial charge >= 0.3 is 0 Å². The van der Waals surface area contributed by atoms with Crippen molar-refractivity contribution in [3.8, 4) is 78.6 Å². The molecule has 0 spiro atoms. The number of pyridine rings is 1. The third-order valence-electron chi connectivity index (χ3n) is 13.6. The third kappa shape index (κ3) is 10.4. The molecule has 9 aromatic rings. The zero-order valence-corrected chi connectivity index (χ0v) is 45.8. The minimum atomic E-state index is -2.54. The van der Waals surface area contributed by atoms with E-state index in [1.54, 1.807) is 0 Å². The molecule has 1 N–H and O–H groups in total. The van der Waals surface area contributed by atoms with Gasteiger partial charge in [-0.2, -0.15) is 0 Å². The van der Waals surface area contributed by atoms with Crippen LogP contribution in [0.4, 0.5) is 0 Å². The van der Waals surface area contributed by atoms with Crippen molar-refractivity contribution >= 4 is 11.0 Å². The fraction of sp³-hybridized carbons (Fsp3) is 0.273. The maximum atomic E-state index is 12.6. The second kappa shape index (κ2) is 19.0. The van der Waals surface area contributed by atoms with Crippen LogP contribution in [0.25, 0.3) is 83.9 Å². The van der Waals surface area contributed by atoms with E-state index in [0.717, 1.165) is 66.9 Å². The van der Waals surface area contributed by atoms with Crippen LogP contribution < -0.4 is 0 Å². The first-order valence-corrected chi connectivity index (χ1v) is 24.5. The minimum absolute atomic E-state index is 0. The van der Waals surface area contributed by atoms with Crippen molar-refractivity contribution in [2.75, 3.05) is 0 Å². The van der Waals surface area contributed by atoms with Crippen LogP contribution in [-0.4, -0.2) is 19.6 Å². The zero-order valence-electron chi connectivity index (χ0n) is 46.5. The summed E-state index contributed by atoms with van der Waals surface area (Å²) in [5, 5.41) is 12.6. The van der Waals surface area contributed by atoms with Crippen LogP contribution in [0.5, 0.6) is 5.75 Å². The summed E-state index contributed by atoms with van der Waals surface area (Å²) in [6.45, 7) is 25.6. The Kier molecular flexibility index (Phi) is 12.6. The van der Waals surface area contributed by atoms with Crippen LogP contribution in [0.2, 0.25) is 0 Å². The van der Waals surface area contributed by atoms with E-state index in [0.29, 0.717) is 28.1 Å². The summed E-state index contributed by atoms with van der Waals surface area (Å²) in [4.78, 5) is 10.5. The van der Waals surface area contributed by atoms with Gasteiger partial charge in [0.25, 0.3) is 0 Å². The van der Waals surface area contributed by atoms with E-state index in [1.165, 1.54) is 16.7 Å². The summed E-state index contributed by atoms with van der Waals surface area (Å²) >= 11 is 0. The molecule has 0 bridgehead atoms. The molecule has 2 heterocycles. The van der Waals surface area contributed by atoms with Crippen LogP contribution in [0.3, 0.4) is 0 Å². The first-order chi connectivity index (χ1) is 34.1. The number of phenolic OH excluding ortho intramolecular Hbond substituents is 1. The van der Waals surface area contributed by atoms with Gasteiger partial charge in [0.2, 0.25) is 0 Å². The van der Waals surface area contributed by atoms with Gasteiger partial charge in [-0.1, -0.05) is 208 Å². The van der Waals surface area contributed by atoms with Gasteiger partial charge in [0.05, 0.1) is 22.3 Å². The Morgan fingerprint density at radius 2 is 1.11 bits per heavy atom. The Labute approximate surface area is 441 Å². The summed E-state index contributed by atoms with van der Waals surface area (Å²) in [6, 6.07) is 53.7. The molecule has 0 aliphatic carbocycles. The van der Waals surface area contributed by atoms with Crippen molar-refractivity contribution < 1.29 is 30.3 Å². The van der Waals surface area contributed by atoms with Crippen LogP contribution >= 0.6 is 0 Å². The topological polar surface area (TPSA) is 50.9 Å². The van der Waals surface area contributed by atoms with Crippen molar-refractivity contribution in [2.24, 2.45) is 0 Å². The number of aromatic nitrogens is 3. The van der Waals surface area contributed by atoms with Crippen molar-refractivity contribution in [1.82, 2.24) is 14.5 Å². The van der Waals surface area contributed by atoms with E-state index in [2.05, 4.69) is 181 Å². The molecule has 0 saturated heterocycles. The molecule has 364 valence electrons. The SMILES string of the molecule is [2H]C([2H])([2H])c1cc(-c2cc(C(C)(C)C)cc(C(C)(C)C)c2)ccc1-n1c(-c2cc(C(C)(C)C)cc(C(C)(C)C)c2O)nc2c(-c3[c-]c(-c4cc(-c5ccc(C)cc5)ccn4)cc(-c4ccccc4)c3)cccc21.[Pt]. The molecule has 5 heteroatoms. The number of benzene rings is 7. The molecule has 0 amide bonds. The van der Waals surface area contributed by atoms with Gasteiger partial charge in [-0.05, 0) is 116 Å². The second-order valence-electron chi connectivity index (χ2n) is 23.3. The third-order valence-corrected chi connectivity index (χ3v) is 13.6. The van der Waals surface area contributed by atoms with Gasteiger partial charge in [0.15, 0.2) is 0 Å². The molecule has 0 aliphatic heterocycles. The van der Waals surface area contributed by atoms with Crippen LogP contribution in [0.15, 0.2) is 152 Å². The Hall–Kier alpha value is -6.35. The maximum Gasteiger partial charge on any atom is 0.148 e. The van der Waals surface area contributed by atoms with Gasteiger partial charge in [-0.15, -0.1) is 23.8 Å². The van der Waals surface area contributed by atoms with Crippen LogP contribution in [0, 0.1) is 19.8 Å². The molecule has 4 nitrogen and oxygen atoms in total. The number of para-hydroxylation sites is 1. The number of hydrogen-bond donors (Lipinski definition) is 1. The van der Waals surface area contributed by atoms with Gasteiger partial charge in [0.1, 0.15) is 11.6 Å². The molecule has 0 radical (unpaired) electrons. The number of phenols is 1. The number of hydrogen-bond acceptors (Lipinski definition) is 3. The number of rotatable bonds is 7. The maximum absolute atomic E-state index is 12.6. The Bertz CT molecular complexity index is 3510. The molecule has 0 aliphatic rings. The van der Waals surface area contributed by atoms with Crippen LogP contribution in [0.1, 0.15) is 121 Å². The first kappa shape index (κ1) is 47.0. The molecule has 0 unspecified atom stereocenters. The van der Waals surface area contributed by atoms with E-state index < -0.39 is 12.3 Å². The summed E-state index contributed by atoms with van der Waals surface area (Å²) < 4.78 is 29.6. The zero-order chi connectivity index (χ0) is 52.6. The van der Waals surface area contributed by atoms with E-state index in [-0.39, 0.29) is 48.6 Å². The number of aryl methyl sites for hydroxylation is 2. The number of fused-ring (bicyclic) bond motifs is 1. The fourth-order valence-corrected chi connectivity index (χ4v) is 9.28. The predicted octanol–water partition coefficient (Wildman–Crippen LogP) is 17.7. The van der Waals surface area contributed by atoms with Gasteiger partial charge in [-0.3, -0.25) is 9.55 Å². The molecular weight excluding hydrogens is 1050 g/mol. The van der Waals surface area contributed by atoms with E-state index in [1.807, 2.05) is 71.4 Å². The molecule has 7 aromatic carbocycles. The Morgan fingerprint density at radius 3 is 1.75 bits per heavy atom. The van der Waals surface area contributed by atoms with Crippen LogP contribution in [-0.2, 0) is 42.7 Å². The quantitative estimate of drug-likeness (QED) is 0.162. The summed E-state index contributed by atoms with van der Waals surface area (Å²) in [6.07, 6.45) is 1.85. The average molecular weight is 1120 g/mol. The van der Waals surface area contributed by atoms with E-state index in [4.69, 9.17) is 9.97 Å². The summed E-state index contributed by atoms with van der Waals surface area (Å²) in [5.41, 5.74) is 16.0. The summed E-state index contributed by atoms with van der Waals surface area (Å²) in [5.74, 6) is 0.547. The molecule has 0 fully saturated rings. The molecule has 2 aromatic heterocycles. The first-order valence-electron chi connectivity index (χ1n) is 26.0. The molecular formula is C66H68N3OPt-. The van der Waals surface area contributed by atoms with Crippen molar-refractivity contribution in [3.63, 3.8) is 0 Å². The van der Waals surface area contributed by atoms with Gasteiger partial charge < -0.3 is 5.11 Å². The number of nitrogens with zero attached hydrogens (tertiary/aromatic N) is 3. The molecule has 9 rings (SSSR count). The van der Waals surface area contributed by atoms with E-state index >= 15 is 0 Å². The second-order valence-corrected chi connectivity index (χ2v) is 23.3. The molecule has 71 heavy (non-hydrogen) atoms. The molecule has 0 saturated carbocycles. The monoisotopic (exact) mass is 1120 g/mol. The minimum Gasteiger partial charge on any atom is -0.507 e. The fourth-order valence-electron chi connectivity index (χ4n) is 9.28. The largest absolute Gasteiger partial charge is 0.507 e. The average Bonchev–Trinajstić information content (AvgIpc) is 3.72. The summed E-state index contributed by atoms with van der Waals surface area (Å²) in [7, 11) is 0. The van der Waals surface area contributed by atoms with Gasteiger partial charge in [-0.25, -0.2) is 4.98 Å². The van der Waals surface area contributed by atoms with Gasteiger partial charge in [0, 0.05) is 42.6 Å². The predicted molar refractivity (Wildman–Crippen MR) is 296 cm³/mol.